The van der Waals surface area contributed by atoms with Crippen LogP contribution < -0.4 is 9.47 Å². The second-order valence-electron chi connectivity index (χ2n) is 9.99. The smallest absolute Gasteiger partial charge is 0.132 e. The van der Waals surface area contributed by atoms with Crippen molar-refractivity contribution in [2.45, 2.75) is 81.3 Å². The Kier molecular flexibility index (Phi) is 7.95. The summed E-state index contributed by atoms with van der Waals surface area (Å²) in [6.45, 7) is 0.886. The van der Waals surface area contributed by atoms with E-state index in [2.05, 4.69) is 12.1 Å². The molecule has 2 aliphatic carbocycles. The molecular weight excluding hydrogens is 428 g/mol. The summed E-state index contributed by atoms with van der Waals surface area (Å²) < 4.78 is 16.4. The normalized spacial score (nSPS) is 27.2. The van der Waals surface area contributed by atoms with Crippen LogP contribution in [0.5, 0.6) is 11.5 Å². The first-order chi connectivity index (χ1) is 16.5. The molecule has 5 heteroatoms. The van der Waals surface area contributed by atoms with Crippen molar-refractivity contribution in [2.24, 2.45) is 0 Å². The Balaban J connectivity index is 0.000000166. The van der Waals surface area contributed by atoms with E-state index in [0.717, 1.165) is 87.9 Å². The average molecular weight is 467 g/mol. The molecule has 0 amide bonds. The first-order valence-electron chi connectivity index (χ1n) is 12.6. The van der Waals surface area contributed by atoms with Gasteiger partial charge in [0.05, 0.1) is 25.4 Å². The monoisotopic (exact) mass is 466 g/mol. The van der Waals surface area contributed by atoms with E-state index in [1.165, 1.54) is 5.56 Å². The predicted molar refractivity (Wildman–Crippen MR) is 132 cm³/mol. The molecule has 0 bridgehead atoms. The maximum absolute atomic E-state index is 11.1. The minimum atomic E-state index is -0.717. The summed E-state index contributed by atoms with van der Waals surface area (Å²) >= 11 is 0. The van der Waals surface area contributed by atoms with Gasteiger partial charge in [-0.1, -0.05) is 24.3 Å². The average Bonchev–Trinajstić information content (AvgIpc) is 3.35. The summed E-state index contributed by atoms with van der Waals surface area (Å²) in [4.78, 5) is 11.1. The van der Waals surface area contributed by atoms with Crippen LogP contribution in [0.3, 0.4) is 0 Å². The van der Waals surface area contributed by atoms with Crippen molar-refractivity contribution in [1.29, 1.82) is 0 Å². The second kappa shape index (κ2) is 10.9. The molecule has 2 saturated carbocycles. The van der Waals surface area contributed by atoms with Gasteiger partial charge in [0.2, 0.25) is 0 Å². The Bertz CT molecular complexity index is 942. The topological polar surface area (TPSA) is 65.0 Å². The van der Waals surface area contributed by atoms with Crippen molar-refractivity contribution >= 4 is 5.78 Å². The first-order valence-corrected chi connectivity index (χ1v) is 12.6. The molecule has 0 atom stereocenters. The summed E-state index contributed by atoms with van der Waals surface area (Å²) in [6, 6.07) is 16.0. The molecule has 3 fully saturated rings. The number of ether oxygens (including phenoxy) is 3. The number of rotatable bonds is 4. The number of methoxy groups -OCH3 is 2. The Morgan fingerprint density at radius 2 is 1.53 bits per heavy atom. The zero-order chi connectivity index (χ0) is 24.0. The summed E-state index contributed by atoms with van der Waals surface area (Å²) in [5, 5.41) is 10.9. The van der Waals surface area contributed by atoms with Gasteiger partial charge in [0.15, 0.2) is 0 Å². The predicted octanol–water partition coefficient (Wildman–Crippen LogP) is 5.93. The fourth-order valence-electron chi connectivity index (χ4n) is 5.64. The highest BCUT2D eigenvalue weighted by Gasteiger charge is 2.44. The van der Waals surface area contributed by atoms with E-state index in [1.807, 2.05) is 36.4 Å². The number of hydrogen-bond acceptors (Lipinski definition) is 5. The van der Waals surface area contributed by atoms with Gasteiger partial charge in [-0.05, 0) is 92.7 Å². The van der Waals surface area contributed by atoms with Crippen molar-refractivity contribution in [3.63, 3.8) is 0 Å². The lowest BCUT2D eigenvalue weighted by atomic mass is 9.72. The van der Waals surface area contributed by atoms with E-state index in [9.17, 15) is 9.90 Å². The van der Waals surface area contributed by atoms with Crippen molar-refractivity contribution in [1.82, 2.24) is 0 Å². The molecule has 2 aromatic carbocycles. The van der Waals surface area contributed by atoms with Gasteiger partial charge >= 0.3 is 0 Å². The molecule has 5 rings (SSSR count). The molecule has 1 heterocycles. The van der Waals surface area contributed by atoms with Crippen molar-refractivity contribution < 1.29 is 24.1 Å². The van der Waals surface area contributed by atoms with E-state index in [1.54, 1.807) is 14.2 Å². The zero-order valence-electron chi connectivity index (χ0n) is 20.6. The highest BCUT2D eigenvalue weighted by atomic mass is 16.5. The summed E-state index contributed by atoms with van der Waals surface area (Å²) in [5.41, 5.74) is 1.62. The van der Waals surface area contributed by atoms with Crippen LogP contribution in [0.1, 0.15) is 81.3 Å². The molecule has 3 aliphatic rings. The van der Waals surface area contributed by atoms with Crippen LogP contribution in [0, 0.1) is 0 Å². The largest absolute Gasteiger partial charge is 0.497 e. The van der Waals surface area contributed by atoms with Crippen LogP contribution >= 0.6 is 0 Å². The van der Waals surface area contributed by atoms with E-state index in [4.69, 9.17) is 14.2 Å². The van der Waals surface area contributed by atoms with Crippen LogP contribution in [-0.4, -0.2) is 37.3 Å². The number of carbonyl (C=O) groups excluding carboxylic acids is 1. The number of hydrogen-bond donors (Lipinski definition) is 1. The maximum Gasteiger partial charge on any atom is 0.132 e. The van der Waals surface area contributed by atoms with Gasteiger partial charge in [0, 0.05) is 19.4 Å². The van der Waals surface area contributed by atoms with Gasteiger partial charge < -0.3 is 19.3 Å². The van der Waals surface area contributed by atoms with Crippen LogP contribution in [0.25, 0.3) is 0 Å². The van der Waals surface area contributed by atoms with Gasteiger partial charge in [0.25, 0.3) is 0 Å². The third-order valence-electron chi connectivity index (χ3n) is 7.89. The molecule has 5 nitrogen and oxygen atoms in total. The molecule has 184 valence electrons. The number of benzene rings is 2. The molecule has 1 saturated heterocycles. The molecule has 1 aliphatic heterocycles. The van der Waals surface area contributed by atoms with Crippen molar-refractivity contribution in [3.8, 4) is 11.5 Å². The van der Waals surface area contributed by atoms with Crippen molar-refractivity contribution in [3.05, 3.63) is 59.7 Å². The van der Waals surface area contributed by atoms with Crippen molar-refractivity contribution in [2.75, 3.05) is 20.8 Å². The van der Waals surface area contributed by atoms with Gasteiger partial charge in [-0.15, -0.1) is 0 Å². The van der Waals surface area contributed by atoms with Crippen LogP contribution in [0.15, 0.2) is 48.5 Å². The minimum absolute atomic E-state index is 0.0606. The minimum Gasteiger partial charge on any atom is -0.497 e. The molecule has 0 radical (unpaired) electrons. The second-order valence-corrected chi connectivity index (χ2v) is 9.99. The highest BCUT2D eigenvalue weighted by molar-refractivity contribution is 5.79. The van der Waals surface area contributed by atoms with E-state index >= 15 is 0 Å². The van der Waals surface area contributed by atoms with Gasteiger partial charge in [-0.2, -0.15) is 0 Å². The standard InChI is InChI=1S/C16H22O3.C13H16O2/c1-18-14-5-2-4-13(12-14)16(17)9-7-15(8-10-16)6-3-11-19-15;1-15-13-4-2-3-11(9-13)10-5-7-12(14)8-6-10/h2,4-5,12,17H,3,6-11H2,1H3;2-4,9-10H,5-8H2,1H3. The lowest BCUT2D eigenvalue weighted by molar-refractivity contribution is -0.120. The molecule has 0 unspecified atom stereocenters. The SMILES string of the molecule is COc1cccc(C2(O)CCC3(CCCO3)CC2)c1.COc1cccc(C2CCC(=O)CC2)c1. The van der Waals surface area contributed by atoms with Gasteiger partial charge in [0.1, 0.15) is 17.3 Å². The molecule has 1 spiro atoms. The summed E-state index contributed by atoms with van der Waals surface area (Å²) in [6.07, 6.45) is 9.25. The molecule has 2 aromatic rings. The fourth-order valence-corrected chi connectivity index (χ4v) is 5.64. The van der Waals surface area contributed by atoms with Crippen LogP contribution in [0.4, 0.5) is 0 Å². The lowest BCUT2D eigenvalue weighted by Crippen LogP contribution is -2.40. The van der Waals surface area contributed by atoms with E-state index in [-0.39, 0.29) is 5.60 Å². The Morgan fingerprint density at radius 3 is 2.15 bits per heavy atom. The number of Topliss-reactive ketones (excluding diaryl/α,β-unsaturated/α-hetero) is 1. The van der Waals surface area contributed by atoms with E-state index in [0.29, 0.717) is 11.7 Å². The van der Waals surface area contributed by atoms with Crippen LogP contribution in [-0.2, 0) is 15.1 Å². The third-order valence-corrected chi connectivity index (χ3v) is 7.89. The Morgan fingerprint density at radius 1 is 0.882 bits per heavy atom. The molecule has 34 heavy (non-hydrogen) atoms. The molecular formula is C29H38O5. The van der Waals surface area contributed by atoms with Gasteiger partial charge in [-0.3, -0.25) is 4.79 Å². The van der Waals surface area contributed by atoms with Crippen LogP contribution in [0.2, 0.25) is 0 Å². The Hall–Kier alpha value is -2.37. The van der Waals surface area contributed by atoms with Gasteiger partial charge in [-0.25, -0.2) is 0 Å². The van der Waals surface area contributed by atoms with E-state index < -0.39 is 5.60 Å². The first kappa shape index (κ1) is 24.7. The highest BCUT2D eigenvalue weighted by Crippen LogP contribution is 2.47. The zero-order valence-corrected chi connectivity index (χ0v) is 20.6. The quantitative estimate of drug-likeness (QED) is 0.605. The number of ketones is 1. The number of aliphatic hydroxyl groups is 1. The Labute approximate surface area is 203 Å². The third kappa shape index (κ3) is 5.81. The summed E-state index contributed by atoms with van der Waals surface area (Å²) in [5.74, 6) is 2.67. The maximum atomic E-state index is 11.1. The number of carbonyl (C=O) groups is 1. The fraction of sp³-hybridized carbons (Fsp3) is 0.552. The lowest BCUT2D eigenvalue weighted by Gasteiger charge is -2.41. The summed E-state index contributed by atoms with van der Waals surface area (Å²) in [7, 11) is 3.34. The molecule has 0 aromatic heterocycles. The molecule has 1 N–H and O–H groups in total.